The number of piperidine rings is 1. The Morgan fingerprint density at radius 1 is 1.36 bits per heavy atom. The maximum atomic E-state index is 12.2. The van der Waals surface area contributed by atoms with Gasteiger partial charge in [0.2, 0.25) is 5.91 Å². The van der Waals surface area contributed by atoms with Crippen molar-refractivity contribution in [1.82, 2.24) is 10.2 Å². The normalized spacial score (nSPS) is 24.8. The Hall–Kier alpha value is -0.640. The van der Waals surface area contributed by atoms with Crippen LogP contribution in [-0.4, -0.2) is 43.7 Å². The molecule has 0 aliphatic carbocycles. The molecule has 14 heavy (non-hydrogen) atoms. The minimum absolute atomic E-state index is 0.112. The summed E-state index contributed by atoms with van der Waals surface area (Å²) in [6.45, 7) is 2.88. The molecule has 0 unspecified atom stereocenters. The average molecular weight is 200 g/mol. The zero-order valence-electron chi connectivity index (χ0n) is 8.34. The van der Waals surface area contributed by atoms with Crippen molar-refractivity contribution in [3.63, 3.8) is 0 Å². The lowest BCUT2D eigenvalue weighted by Crippen LogP contribution is -2.53. The second-order valence-electron chi connectivity index (χ2n) is 4.29. The van der Waals surface area contributed by atoms with E-state index in [1.54, 1.807) is 4.90 Å². The summed E-state index contributed by atoms with van der Waals surface area (Å²) in [4.78, 5) is 13.6. The number of hydrogen-bond acceptors (Lipinski definition) is 2. The molecule has 0 aromatic heterocycles. The topological polar surface area (TPSA) is 32.3 Å². The van der Waals surface area contributed by atoms with Crippen LogP contribution in [0.15, 0.2) is 0 Å². The van der Waals surface area contributed by atoms with Gasteiger partial charge in [-0.25, -0.2) is 0 Å². The molecule has 0 saturated carbocycles. The van der Waals surface area contributed by atoms with Crippen molar-refractivity contribution < 1.29 is 9.18 Å². The minimum atomic E-state index is -0.282. The van der Waals surface area contributed by atoms with Gasteiger partial charge in [-0.3, -0.25) is 9.18 Å². The van der Waals surface area contributed by atoms with Crippen LogP contribution in [-0.2, 0) is 4.79 Å². The SMILES string of the molecule is O=C(C1CCNCC1)N1CC(CF)C1. The van der Waals surface area contributed by atoms with Crippen molar-refractivity contribution in [2.75, 3.05) is 32.9 Å². The van der Waals surface area contributed by atoms with Gasteiger partial charge in [-0.2, -0.15) is 0 Å². The molecule has 2 rings (SSSR count). The first-order valence-electron chi connectivity index (χ1n) is 5.36. The summed E-state index contributed by atoms with van der Waals surface area (Å²) < 4.78 is 12.2. The number of likely N-dealkylation sites (tertiary alicyclic amines) is 1. The zero-order chi connectivity index (χ0) is 9.97. The summed E-state index contributed by atoms with van der Waals surface area (Å²) in [6, 6.07) is 0. The van der Waals surface area contributed by atoms with Crippen LogP contribution in [0, 0.1) is 11.8 Å². The summed E-state index contributed by atoms with van der Waals surface area (Å²) in [6.07, 6.45) is 1.88. The lowest BCUT2D eigenvalue weighted by atomic mass is 9.93. The lowest BCUT2D eigenvalue weighted by molar-refractivity contribution is -0.143. The first-order valence-corrected chi connectivity index (χ1v) is 5.36. The average Bonchev–Trinajstić information content (AvgIpc) is 2.17. The second kappa shape index (κ2) is 4.26. The van der Waals surface area contributed by atoms with Crippen LogP contribution in [0.3, 0.4) is 0 Å². The predicted octanol–water partition coefficient (Wildman–Crippen LogP) is 0.414. The molecule has 0 radical (unpaired) electrons. The summed E-state index contributed by atoms with van der Waals surface area (Å²) in [7, 11) is 0. The molecule has 2 fully saturated rings. The van der Waals surface area contributed by atoms with Crippen LogP contribution in [0.5, 0.6) is 0 Å². The number of rotatable bonds is 2. The van der Waals surface area contributed by atoms with Gasteiger partial charge in [-0.15, -0.1) is 0 Å². The molecular weight excluding hydrogens is 183 g/mol. The highest BCUT2D eigenvalue weighted by atomic mass is 19.1. The fraction of sp³-hybridized carbons (Fsp3) is 0.900. The smallest absolute Gasteiger partial charge is 0.225 e. The van der Waals surface area contributed by atoms with Crippen molar-refractivity contribution in [2.24, 2.45) is 11.8 Å². The monoisotopic (exact) mass is 200 g/mol. The third kappa shape index (κ3) is 1.90. The number of nitrogens with zero attached hydrogens (tertiary/aromatic N) is 1. The van der Waals surface area contributed by atoms with Crippen molar-refractivity contribution in [3.8, 4) is 0 Å². The van der Waals surface area contributed by atoms with Crippen LogP contribution >= 0.6 is 0 Å². The van der Waals surface area contributed by atoms with E-state index < -0.39 is 0 Å². The molecule has 0 atom stereocenters. The van der Waals surface area contributed by atoms with Gasteiger partial charge in [0.05, 0.1) is 6.67 Å². The van der Waals surface area contributed by atoms with Gasteiger partial charge in [0.15, 0.2) is 0 Å². The molecule has 2 aliphatic heterocycles. The fourth-order valence-electron chi connectivity index (χ4n) is 2.17. The molecule has 0 aromatic carbocycles. The van der Waals surface area contributed by atoms with Gasteiger partial charge in [0.25, 0.3) is 0 Å². The summed E-state index contributed by atoms with van der Waals surface area (Å²) in [5.41, 5.74) is 0. The number of carbonyl (C=O) groups excluding carboxylic acids is 1. The van der Waals surface area contributed by atoms with Gasteiger partial charge < -0.3 is 10.2 Å². The Balaban J connectivity index is 1.78. The van der Waals surface area contributed by atoms with Crippen LogP contribution < -0.4 is 5.32 Å². The molecule has 2 aliphatic rings. The summed E-state index contributed by atoms with van der Waals surface area (Å²) >= 11 is 0. The third-order valence-corrected chi connectivity index (χ3v) is 3.18. The molecule has 4 heteroatoms. The first-order chi connectivity index (χ1) is 6.81. The van der Waals surface area contributed by atoms with E-state index >= 15 is 0 Å². The van der Waals surface area contributed by atoms with E-state index in [9.17, 15) is 9.18 Å². The maximum absolute atomic E-state index is 12.2. The van der Waals surface area contributed by atoms with Crippen molar-refractivity contribution in [1.29, 1.82) is 0 Å². The van der Waals surface area contributed by atoms with E-state index in [0.29, 0.717) is 13.1 Å². The van der Waals surface area contributed by atoms with Crippen molar-refractivity contribution >= 4 is 5.91 Å². The number of carbonyl (C=O) groups is 1. The van der Waals surface area contributed by atoms with Crippen LogP contribution in [0.1, 0.15) is 12.8 Å². The largest absolute Gasteiger partial charge is 0.342 e. The van der Waals surface area contributed by atoms with E-state index in [1.165, 1.54) is 0 Å². The summed E-state index contributed by atoms with van der Waals surface area (Å²) in [5, 5.41) is 3.23. The molecular formula is C10H17FN2O. The molecule has 80 valence electrons. The number of amides is 1. The van der Waals surface area contributed by atoms with Gasteiger partial charge in [-0.05, 0) is 25.9 Å². The zero-order valence-corrected chi connectivity index (χ0v) is 8.34. The highest BCUT2D eigenvalue weighted by Gasteiger charge is 2.34. The number of nitrogens with one attached hydrogen (secondary N) is 1. The molecule has 2 heterocycles. The Bertz CT molecular complexity index is 210. The fourth-order valence-corrected chi connectivity index (χ4v) is 2.17. The van der Waals surface area contributed by atoms with E-state index in [0.717, 1.165) is 25.9 Å². The molecule has 0 bridgehead atoms. The molecule has 3 nitrogen and oxygen atoms in total. The highest BCUT2D eigenvalue weighted by Crippen LogP contribution is 2.22. The minimum Gasteiger partial charge on any atom is -0.342 e. The molecule has 2 saturated heterocycles. The Morgan fingerprint density at radius 2 is 2.00 bits per heavy atom. The number of hydrogen-bond donors (Lipinski definition) is 1. The van der Waals surface area contributed by atoms with Crippen LogP contribution in [0.25, 0.3) is 0 Å². The van der Waals surface area contributed by atoms with E-state index in [-0.39, 0.29) is 24.4 Å². The summed E-state index contributed by atoms with van der Waals surface area (Å²) in [5.74, 6) is 0.550. The Labute approximate surface area is 83.6 Å². The van der Waals surface area contributed by atoms with Crippen LogP contribution in [0.4, 0.5) is 4.39 Å². The predicted molar refractivity (Wildman–Crippen MR) is 51.6 cm³/mol. The number of halogens is 1. The van der Waals surface area contributed by atoms with Gasteiger partial charge in [0.1, 0.15) is 0 Å². The standard InChI is InChI=1S/C10H17FN2O/c11-5-8-6-13(7-8)10(14)9-1-3-12-4-2-9/h8-9,12H,1-7H2. The third-order valence-electron chi connectivity index (χ3n) is 3.18. The molecule has 0 spiro atoms. The van der Waals surface area contributed by atoms with Gasteiger partial charge in [-0.1, -0.05) is 0 Å². The van der Waals surface area contributed by atoms with Gasteiger partial charge in [0, 0.05) is 24.9 Å². The van der Waals surface area contributed by atoms with E-state index in [4.69, 9.17) is 0 Å². The maximum Gasteiger partial charge on any atom is 0.225 e. The first kappa shape index (κ1) is 9.90. The Kier molecular flexibility index (Phi) is 3.01. The number of alkyl halides is 1. The highest BCUT2D eigenvalue weighted by molar-refractivity contribution is 5.79. The Morgan fingerprint density at radius 3 is 2.57 bits per heavy atom. The van der Waals surface area contributed by atoms with E-state index in [2.05, 4.69) is 5.32 Å². The van der Waals surface area contributed by atoms with Crippen molar-refractivity contribution in [2.45, 2.75) is 12.8 Å². The molecule has 1 amide bonds. The van der Waals surface area contributed by atoms with Crippen LogP contribution in [0.2, 0.25) is 0 Å². The molecule has 0 aromatic rings. The lowest BCUT2D eigenvalue weighted by Gasteiger charge is -2.40. The van der Waals surface area contributed by atoms with E-state index in [1.807, 2.05) is 0 Å². The van der Waals surface area contributed by atoms with Crippen molar-refractivity contribution in [3.05, 3.63) is 0 Å². The van der Waals surface area contributed by atoms with Gasteiger partial charge >= 0.3 is 0 Å². The second-order valence-corrected chi connectivity index (χ2v) is 4.29. The molecule has 1 N–H and O–H groups in total. The quantitative estimate of drug-likeness (QED) is 0.700.